The van der Waals surface area contributed by atoms with Crippen molar-refractivity contribution in [2.75, 3.05) is 6.61 Å². The van der Waals surface area contributed by atoms with Crippen molar-refractivity contribution in [1.82, 2.24) is 0 Å². The quantitative estimate of drug-likeness (QED) is 0.205. The molecule has 2 aromatic carbocycles. The van der Waals surface area contributed by atoms with E-state index in [1.54, 1.807) is 0 Å². The van der Waals surface area contributed by atoms with Gasteiger partial charge in [-0.15, -0.1) is 0 Å². The zero-order valence-corrected chi connectivity index (χ0v) is 16.1. The molecule has 0 unspecified atom stereocenters. The van der Waals surface area contributed by atoms with Crippen molar-refractivity contribution in [3.05, 3.63) is 71.3 Å². The van der Waals surface area contributed by atoms with Crippen molar-refractivity contribution in [1.29, 1.82) is 0 Å². The molecule has 0 bridgehead atoms. The number of allylic oxidation sites excluding steroid dienone is 1. The van der Waals surface area contributed by atoms with Gasteiger partial charge in [0.15, 0.2) is 0 Å². The number of benzene rings is 2. The molecule has 0 heterocycles. The highest BCUT2D eigenvalue weighted by atomic mass is 32.1. The zero-order chi connectivity index (χ0) is 17.9. The van der Waals surface area contributed by atoms with E-state index in [0.717, 1.165) is 47.6 Å². The van der Waals surface area contributed by atoms with E-state index < -0.39 is 0 Å². The molecule has 0 amide bonds. The van der Waals surface area contributed by atoms with Gasteiger partial charge in [-0.25, -0.2) is 0 Å². The summed E-state index contributed by atoms with van der Waals surface area (Å²) in [6.45, 7) is 5.21. The molecule has 0 aromatic heterocycles. The third kappa shape index (κ3) is 6.47. The van der Waals surface area contributed by atoms with Gasteiger partial charge in [0.2, 0.25) is 0 Å². The van der Waals surface area contributed by atoms with Crippen molar-refractivity contribution in [3.8, 4) is 5.75 Å². The molecule has 0 saturated carbocycles. The first-order chi connectivity index (χ1) is 12.2. The maximum atomic E-state index is 6.06. The molecular formula is C23H28OS. The van der Waals surface area contributed by atoms with E-state index in [1.807, 2.05) is 36.4 Å². The summed E-state index contributed by atoms with van der Waals surface area (Å²) in [6.07, 6.45) is 9.79. The molecule has 132 valence electrons. The molecule has 2 aromatic rings. The smallest absolute Gasteiger partial charge is 0.123 e. The van der Waals surface area contributed by atoms with Crippen LogP contribution in [0.4, 0.5) is 0 Å². The lowest BCUT2D eigenvalue weighted by atomic mass is 10.0. The summed E-state index contributed by atoms with van der Waals surface area (Å²) in [5, 5.41) is 0. The molecule has 0 aliphatic rings. The fraction of sp³-hybridized carbons (Fsp3) is 0.348. The number of hydrogen-bond donors (Lipinski definition) is 0. The first-order valence-electron chi connectivity index (χ1n) is 9.27. The monoisotopic (exact) mass is 352 g/mol. The summed E-state index contributed by atoms with van der Waals surface area (Å²) in [7, 11) is 0. The maximum absolute atomic E-state index is 6.06. The van der Waals surface area contributed by atoms with Crippen molar-refractivity contribution in [2.45, 2.75) is 46.0 Å². The summed E-state index contributed by atoms with van der Waals surface area (Å²) >= 11 is 5.50. The van der Waals surface area contributed by atoms with Crippen LogP contribution in [0.5, 0.6) is 5.75 Å². The maximum Gasteiger partial charge on any atom is 0.123 e. The molecule has 0 aliphatic heterocycles. The van der Waals surface area contributed by atoms with Crippen LogP contribution < -0.4 is 4.74 Å². The van der Waals surface area contributed by atoms with Crippen molar-refractivity contribution in [2.24, 2.45) is 0 Å². The first-order valence-corrected chi connectivity index (χ1v) is 9.68. The van der Waals surface area contributed by atoms with Gasteiger partial charge in [0.05, 0.1) is 6.61 Å². The van der Waals surface area contributed by atoms with Crippen LogP contribution in [0, 0.1) is 0 Å². The SMILES string of the molecule is CCCCCOc1cc(C=CC(=S)c2ccccc2)ccc1CCC. The van der Waals surface area contributed by atoms with Crippen LogP contribution in [-0.2, 0) is 6.42 Å². The number of thiocarbonyl (C=S) groups is 1. The molecule has 1 nitrogen and oxygen atoms in total. The van der Waals surface area contributed by atoms with Crippen LogP contribution in [0.1, 0.15) is 56.2 Å². The summed E-state index contributed by atoms with van der Waals surface area (Å²) in [5.74, 6) is 1.02. The van der Waals surface area contributed by atoms with Crippen molar-refractivity contribution in [3.63, 3.8) is 0 Å². The lowest BCUT2D eigenvalue weighted by molar-refractivity contribution is 0.303. The highest BCUT2D eigenvalue weighted by molar-refractivity contribution is 7.81. The van der Waals surface area contributed by atoms with Gasteiger partial charge in [0.1, 0.15) is 5.75 Å². The standard InChI is InChI=1S/C23H28OS/c1-3-5-9-17-24-22-18-19(13-15-20(22)10-4-2)14-16-23(25)21-11-7-6-8-12-21/h6-8,11-16,18H,3-5,9-10,17H2,1-2H3. The van der Waals surface area contributed by atoms with E-state index in [9.17, 15) is 0 Å². The van der Waals surface area contributed by atoms with Crippen LogP contribution in [0.3, 0.4) is 0 Å². The number of ether oxygens (including phenoxy) is 1. The Labute approximate surface area is 157 Å². The minimum Gasteiger partial charge on any atom is -0.493 e. The number of aryl methyl sites for hydroxylation is 1. The van der Waals surface area contributed by atoms with Gasteiger partial charge < -0.3 is 4.74 Å². The molecule has 25 heavy (non-hydrogen) atoms. The van der Waals surface area contributed by atoms with Crippen LogP contribution >= 0.6 is 12.2 Å². The van der Waals surface area contributed by atoms with Crippen LogP contribution in [0.2, 0.25) is 0 Å². The third-order valence-electron chi connectivity index (χ3n) is 4.10. The summed E-state index contributed by atoms with van der Waals surface area (Å²) in [5.41, 5.74) is 3.50. The highest BCUT2D eigenvalue weighted by Gasteiger charge is 2.04. The predicted octanol–water partition coefficient (Wildman–Crippen LogP) is 6.64. The van der Waals surface area contributed by atoms with Crippen LogP contribution in [0.25, 0.3) is 6.08 Å². The minimum atomic E-state index is 0.792. The molecule has 0 N–H and O–H groups in total. The Balaban J connectivity index is 2.09. The van der Waals surface area contributed by atoms with Gasteiger partial charge in [-0.05, 0) is 41.7 Å². The largest absolute Gasteiger partial charge is 0.493 e. The summed E-state index contributed by atoms with van der Waals surface area (Å²) in [4.78, 5) is 0.851. The number of unbranched alkanes of at least 4 members (excludes halogenated alkanes) is 2. The van der Waals surface area contributed by atoms with Gasteiger partial charge in [-0.2, -0.15) is 0 Å². The molecule has 0 spiro atoms. The fourth-order valence-corrected chi connectivity index (χ4v) is 2.89. The van der Waals surface area contributed by atoms with E-state index in [2.05, 4.69) is 38.1 Å². The van der Waals surface area contributed by atoms with Gasteiger partial charge in [0, 0.05) is 4.86 Å². The van der Waals surface area contributed by atoms with Gasteiger partial charge >= 0.3 is 0 Å². The normalized spacial score (nSPS) is 11.0. The topological polar surface area (TPSA) is 9.23 Å². The Hall–Kier alpha value is -1.93. The first kappa shape index (κ1) is 19.4. The number of rotatable bonds is 10. The average Bonchev–Trinajstić information content (AvgIpc) is 2.65. The molecule has 0 fully saturated rings. The average molecular weight is 353 g/mol. The van der Waals surface area contributed by atoms with Gasteiger partial charge in [-0.1, -0.05) is 93.9 Å². The lowest BCUT2D eigenvalue weighted by Crippen LogP contribution is -2.00. The third-order valence-corrected chi connectivity index (χ3v) is 4.47. The fourth-order valence-electron chi connectivity index (χ4n) is 2.69. The second-order valence-electron chi connectivity index (χ2n) is 6.24. The molecule has 2 rings (SSSR count). The van der Waals surface area contributed by atoms with Crippen molar-refractivity contribution >= 4 is 23.2 Å². The second-order valence-corrected chi connectivity index (χ2v) is 6.68. The van der Waals surface area contributed by atoms with E-state index in [0.29, 0.717) is 0 Å². The second kappa shape index (κ2) is 10.8. The predicted molar refractivity (Wildman–Crippen MR) is 113 cm³/mol. The number of hydrogen-bond acceptors (Lipinski definition) is 2. The van der Waals surface area contributed by atoms with Gasteiger partial charge in [-0.3, -0.25) is 0 Å². The Morgan fingerprint density at radius 1 is 1.00 bits per heavy atom. The van der Waals surface area contributed by atoms with Gasteiger partial charge in [0.25, 0.3) is 0 Å². The van der Waals surface area contributed by atoms with Crippen LogP contribution in [-0.4, -0.2) is 11.5 Å². The Morgan fingerprint density at radius 3 is 2.52 bits per heavy atom. The van der Waals surface area contributed by atoms with E-state index in [1.165, 1.54) is 18.4 Å². The molecule has 0 atom stereocenters. The minimum absolute atomic E-state index is 0.792. The molecule has 0 saturated heterocycles. The highest BCUT2D eigenvalue weighted by Crippen LogP contribution is 2.23. The zero-order valence-electron chi connectivity index (χ0n) is 15.3. The molecule has 0 aliphatic carbocycles. The van der Waals surface area contributed by atoms with Crippen molar-refractivity contribution < 1.29 is 4.74 Å². The summed E-state index contributed by atoms with van der Waals surface area (Å²) in [6, 6.07) is 16.6. The van der Waals surface area contributed by atoms with E-state index in [-0.39, 0.29) is 0 Å². The molecule has 2 heteroatoms. The Morgan fingerprint density at radius 2 is 1.80 bits per heavy atom. The lowest BCUT2D eigenvalue weighted by Gasteiger charge is -2.12. The molecule has 0 radical (unpaired) electrons. The Kier molecular flexibility index (Phi) is 8.41. The summed E-state index contributed by atoms with van der Waals surface area (Å²) < 4.78 is 6.06. The van der Waals surface area contributed by atoms with E-state index in [4.69, 9.17) is 17.0 Å². The Bertz CT molecular complexity index is 688. The van der Waals surface area contributed by atoms with Crippen LogP contribution in [0.15, 0.2) is 54.6 Å². The molecular weight excluding hydrogens is 324 g/mol. The van der Waals surface area contributed by atoms with E-state index >= 15 is 0 Å².